The van der Waals surface area contributed by atoms with Crippen molar-refractivity contribution in [1.29, 1.82) is 0 Å². The van der Waals surface area contributed by atoms with E-state index < -0.39 is 0 Å². The van der Waals surface area contributed by atoms with E-state index in [1.165, 1.54) is 4.88 Å². The fraction of sp³-hybridized carbons (Fsp3) is 0.429. The number of pyridine rings is 1. The topological polar surface area (TPSA) is 47.0 Å². The Morgan fingerprint density at radius 2 is 2.16 bits per heavy atom. The highest BCUT2D eigenvalue weighted by atomic mass is 32.1. The third-order valence-electron chi connectivity index (χ3n) is 2.71. The fourth-order valence-electron chi connectivity index (χ4n) is 1.94. The lowest BCUT2D eigenvalue weighted by molar-refractivity contribution is 0.338. The second-order valence-corrected chi connectivity index (χ2v) is 5.43. The maximum atomic E-state index is 5.51. The van der Waals surface area contributed by atoms with Crippen LogP contribution in [-0.2, 0) is 0 Å². The summed E-state index contributed by atoms with van der Waals surface area (Å²) in [7, 11) is 0. The molecule has 2 heterocycles. The van der Waals surface area contributed by atoms with Crippen molar-refractivity contribution in [1.82, 2.24) is 15.3 Å². The van der Waals surface area contributed by atoms with Crippen LogP contribution in [0.25, 0.3) is 0 Å². The minimum atomic E-state index is 0.129. The molecule has 0 radical (unpaired) electrons. The molecule has 0 aliphatic heterocycles. The van der Waals surface area contributed by atoms with Gasteiger partial charge in [-0.1, -0.05) is 6.92 Å². The number of hydrogen-bond acceptors (Lipinski definition) is 5. The second kappa shape index (κ2) is 6.63. The summed E-state index contributed by atoms with van der Waals surface area (Å²) in [5.74, 6) is 0.809. The Morgan fingerprint density at radius 3 is 2.79 bits per heavy atom. The van der Waals surface area contributed by atoms with Crippen LogP contribution < -0.4 is 10.1 Å². The van der Waals surface area contributed by atoms with Crippen LogP contribution in [0.5, 0.6) is 5.75 Å². The first-order valence-electron chi connectivity index (χ1n) is 6.48. The Balaban J connectivity index is 2.30. The lowest BCUT2D eigenvalue weighted by atomic mass is 10.1. The lowest BCUT2D eigenvalue weighted by Crippen LogP contribution is -2.21. The molecule has 0 saturated carbocycles. The van der Waals surface area contributed by atoms with E-state index in [2.05, 4.69) is 22.2 Å². The van der Waals surface area contributed by atoms with E-state index in [1.807, 2.05) is 32.3 Å². The molecule has 0 saturated heterocycles. The quantitative estimate of drug-likeness (QED) is 0.882. The summed E-state index contributed by atoms with van der Waals surface area (Å²) in [5.41, 5.74) is 1.11. The number of aryl methyl sites for hydroxylation is 1. The lowest BCUT2D eigenvalue weighted by Gasteiger charge is -2.16. The molecule has 0 aliphatic carbocycles. The normalized spacial score (nSPS) is 12.4. The van der Waals surface area contributed by atoms with E-state index in [-0.39, 0.29) is 6.04 Å². The van der Waals surface area contributed by atoms with Crippen molar-refractivity contribution >= 4 is 11.3 Å². The number of nitrogens with one attached hydrogen (secondary N) is 1. The van der Waals surface area contributed by atoms with Gasteiger partial charge in [-0.25, -0.2) is 4.98 Å². The molecule has 2 rings (SSSR count). The molecule has 0 spiro atoms. The number of hydrogen-bond donors (Lipinski definition) is 1. The number of aromatic nitrogens is 2. The van der Waals surface area contributed by atoms with E-state index in [0.717, 1.165) is 22.9 Å². The molecule has 102 valence electrons. The smallest absolute Gasteiger partial charge is 0.137 e. The van der Waals surface area contributed by atoms with Crippen LogP contribution in [0.4, 0.5) is 0 Å². The van der Waals surface area contributed by atoms with Gasteiger partial charge >= 0.3 is 0 Å². The van der Waals surface area contributed by atoms with Gasteiger partial charge in [0.1, 0.15) is 5.75 Å². The third kappa shape index (κ3) is 3.52. The molecule has 1 atom stereocenters. The van der Waals surface area contributed by atoms with Crippen molar-refractivity contribution < 1.29 is 4.74 Å². The van der Waals surface area contributed by atoms with Gasteiger partial charge in [-0.05, 0) is 32.0 Å². The van der Waals surface area contributed by atoms with Crippen molar-refractivity contribution in [3.8, 4) is 5.75 Å². The zero-order valence-corrected chi connectivity index (χ0v) is 12.3. The van der Waals surface area contributed by atoms with E-state index in [0.29, 0.717) is 6.61 Å². The Bertz CT molecular complexity index is 527. The first kappa shape index (κ1) is 14.0. The zero-order valence-electron chi connectivity index (χ0n) is 11.5. The monoisotopic (exact) mass is 277 g/mol. The van der Waals surface area contributed by atoms with Crippen molar-refractivity contribution in [2.45, 2.75) is 26.8 Å². The summed E-state index contributed by atoms with van der Waals surface area (Å²) in [5, 5.41) is 4.55. The largest absolute Gasteiger partial charge is 0.492 e. The first-order chi connectivity index (χ1) is 9.24. The molecule has 0 amide bonds. The molecule has 0 aliphatic rings. The molecule has 2 aromatic rings. The standard InChI is InChI=1S/C14H19N3OS/c1-4-16-14(13-9-17-10(3)19-13)11-6-12(18-5-2)8-15-7-11/h6-9,14,16H,4-5H2,1-3H3. The van der Waals surface area contributed by atoms with Gasteiger partial charge in [-0.15, -0.1) is 11.3 Å². The summed E-state index contributed by atoms with van der Waals surface area (Å²) in [4.78, 5) is 9.79. The van der Waals surface area contributed by atoms with Crippen LogP contribution in [0.15, 0.2) is 24.7 Å². The van der Waals surface area contributed by atoms with Crippen LogP contribution in [0, 0.1) is 6.92 Å². The molecular weight excluding hydrogens is 258 g/mol. The number of ether oxygens (including phenoxy) is 1. The Hall–Kier alpha value is -1.46. The number of nitrogens with zero attached hydrogens (tertiary/aromatic N) is 2. The van der Waals surface area contributed by atoms with Gasteiger partial charge in [0.25, 0.3) is 0 Å². The van der Waals surface area contributed by atoms with Crippen LogP contribution in [0.1, 0.15) is 35.3 Å². The van der Waals surface area contributed by atoms with Gasteiger partial charge in [-0.3, -0.25) is 4.98 Å². The minimum Gasteiger partial charge on any atom is -0.492 e. The van der Waals surface area contributed by atoms with Gasteiger partial charge in [0, 0.05) is 17.3 Å². The van der Waals surface area contributed by atoms with Gasteiger partial charge in [-0.2, -0.15) is 0 Å². The SMILES string of the molecule is CCNC(c1cncc(OCC)c1)c1cnc(C)s1. The highest BCUT2D eigenvalue weighted by Crippen LogP contribution is 2.28. The van der Waals surface area contributed by atoms with Crippen LogP contribution in [-0.4, -0.2) is 23.1 Å². The molecule has 1 N–H and O–H groups in total. The molecular formula is C14H19N3OS. The minimum absolute atomic E-state index is 0.129. The average Bonchev–Trinajstić information content (AvgIpc) is 2.83. The Labute approximate surface area is 117 Å². The van der Waals surface area contributed by atoms with Crippen molar-refractivity contribution in [2.24, 2.45) is 0 Å². The predicted octanol–water partition coefficient (Wildman–Crippen LogP) is 2.94. The summed E-state index contributed by atoms with van der Waals surface area (Å²) < 4.78 is 5.51. The van der Waals surface area contributed by atoms with Crippen LogP contribution in [0.2, 0.25) is 0 Å². The van der Waals surface area contributed by atoms with E-state index in [1.54, 1.807) is 17.5 Å². The van der Waals surface area contributed by atoms with E-state index in [4.69, 9.17) is 4.74 Å². The number of rotatable bonds is 6. The maximum absolute atomic E-state index is 5.51. The van der Waals surface area contributed by atoms with Gasteiger partial charge in [0.05, 0.1) is 23.9 Å². The van der Waals surface area contributed by atoms with E-state index in [9.17, 15) is 0 Å². The average molecular weight is 277 g/mol. The second-order valence-electron chi connectivity index (χ2n) is 4.16. The summed E-state index contributed by atoms with van der Waals surface area (Å²) in [6, 6.07) is 2.17. The predicted molar refractivity (Wildman–Crippen MR) is 77.8 cm³/mol. The van der Waals surface area contributed by atoms with Gasteiger partial charge in [0.2, 0.25) is 0 Å². The molecule has 5 heteroatoms. The van der Waals surface area contributed by atoms with Gasteiger partial charge < -0.3 is 10.1 Å². The molecule has 4 nitrogen and oxygen atoms in total. The molecule has 0 fully saturated rings. The molecule has 0 aromatic carbocycles. The van der Waals surface area contributed by atoms with Crippen LogP contribution >= 0.6 is 11.3 Å². The van der Waals surface area contributed by atoms with Gasteiger partial charge in [0.15, 0.2) is 0 Å². The summed E-state index contributed by atoms with van der Waals surface area (Å²) in [6.07, 6.45) is 5.56. The van der Waals surface area contributed by atoms with Crippen molar-refractivity contribution in [3.05, 3.63) is 40.1 Å². The fourth-order valence-corrected chi connectivity index (χ4v) is 2.83. The number of thiazole rings is 1. The highest BCUT2D eigenvalue weighted by molar-refractivity contribution is 7.11. The maximum Gasteiger partial charge on any atom is 0.137 e. The van der Waals surface area contributed by atoms with Crippen LogP contribution in [0.3, 0.4) is 0 Å². The van der Waals surface area contributed by atoms with E-state index >= 15 is 0 Å². The summed E-state index contributed by atoms with van der Waals surface area (Å²) >= 11 is 1.71. The highest BCUT2D eigenvalue weighted by Gasteiger charge is 2.16. The molecule has 19 heavy (non-hydrogen) atoms. The Morgan fingerprint density at radius 1 is 1.32 bits per heavy atom. The molecule has 2 aromatic heterocycles. The molecule has 1 unspecified atom stereocenters. The Kier molecular flexibility index (Phi) is 4.87. The molecule has 0 bridgehead atoms. The summed E-state index contributed by atoms with van der Waals surface area (Å²) in [6.45, 7) is 7.63. The van der Waals surface area contributed by atoms with Crippen molar-refractivity contribution in [2.75, 3.05) is 13.2 Å². The van der Waals surface area contributed by atoms with Crippen molar-refractivity contribution in [3.63, 3.8) is 0 Å². The third-order valence-corrected chi connectivity index (χ3v) is 3.69. The first-order valence-corrected chi connectivity index (χ1v) is 7.29. The zero-order chi connectivity index (χ0) is 13.7.